The van der Waals surface area contributed by atoms with Crippen molar-refractivity contribution in [2.75, 3.05) is 38.2 Å². The van der Waals surface area contributed by atoms with Crippen molar-refractivity contribution in [2.45, 2.75) is 82.8 Å². The van der Waals surface area contributed by atoms with Crippen molar-refractivity contribution in [1.82, 2.24) is 19.6 Å². The number of anilines is 1. The van der Waals surface area contributed by atoms with Gasteiger partial charge in [-0.25, -0.2) is 23.1 Å². The van der Waals surface area contributed by atoms with E-state index in [2.05, 4.69) is 36.6 Å². The maximum absolute atomic E-state index is 13.6. The average molecular weight is 748 g/mol. The van der Waals surface area contributed by atoms with Gasteiger partial charge in [-0.3, -0.25) is 9.69 Å². The van der Waals surface area contributed by atoms with Crippen LogP contribution in [0.5, 0.6) is 5.75 Å². The van der Waals surface area contributed by atoms with Crippen molar-refractivity contribution in [3.05, 3.63) is 94.0 Å². The van der Waals surface area contributed by atoms with Gasteiger partial charge in [-0.05, 0) is 105 Å². The van der Waals surface area contributed by atoms with E-state index in [0.29, 0.717) is 36.3 Å². The summed E-state index contributed by atoms with van der Waals surface area (Å²) in [7, 11) is -2.15. The second-order valence-electron chi connectivity index (χ2n) is 15.1. The van der Waals surface area contributed by atoms with Crippen molar-refractivity contribution in [3.63, 3.8) is 0 Å². The van der Waals surface area contributed by atoms with Gasteiger partial charge in [-0.2, -0.15) is 0 Å². The number of carbonyl (C=O) groups excluding carboxylic acids is 1. The molecule has 1 fully saturated rings. The monoisotopic (exact) mass is 747 g/mol. The second-order valence-corrected chi connectivity index (χ2v) is 17.6. The van der Waals surface area contributed by atoms with Crippen LogP contribution in [-0.2, 0) is 40.8 Å². The number of amides is 1. The zero-order valence-electron chi connectivity index (χ0n) is 30.4. The van der Waals surface area contributed by atoms with Gasteiger partial charge >= 0.3 is 0 Å². The number of carbonyl (C=O) groups is 1. The predicted octanol–water partition coefficient (Wildman–Crippen LogP) is 6.37. The maximum atomic E-state index is 13.6. The molecule has 10 nitrogen and oxygen atoms in total. The van der Waals surface area contributed by atoms with Gasteiger partial charge in [0.1, 0.15) is 24.3 Å². The molecule has 0 unspecified atom stereocenters. The third-order valence-electron chi connectivity index (χ3n) is 12.0. The number of ether oxygens (including phenoxy) is 2. The van der Waals surface area contributed by atoms with Crippen LogP contribution < -0.4 is 14.4 Å². The summed E-state index contributed by atoms with van der Waals surface area (Å²) in [5.74, 6) is 0.336. The lowest BCUT2D eigenvalue weighted by Gasteiger charge is -2.51. The number of nitrogens with zero attached hydrogens (tertiary/aromatic N) is 4. The summed E-state index contributed by atoms with van der Waals surface area (Å²) < 4.78 is 42.7. The molecule has 1 saturated carbocycles. The molecule has 1 amide bonds. The number of halogens is 1. The van der Waals surface area contributed by atoms with Crippen LogP contribution in [0.1, 0.15) is 78.7 Å². The van der Waals surface area contributed by atoms with E-state index in [0.717, 1.165) is 87.2 Å². The van der Waals surface area contributed by atoms with Crippen LogP contribution in [0.15, 0.2) is 61.1 Å². The average Bonchev–Trinajstić information content (AvgIpc) is 3.15. The molecule has 278 valence electrons. The lowest BCUT2D eigenvalue weighted by atomic mass is 9.63. The summed E-state index contributed by atoms with van der Waals surface area (Å²) in [6.07, 6.45) is 14.1. The molecule has 1 aromatic heterocycles. The quantitative estimate of drug-likeness (QED) is 0.306. The molecule has 1 aliphatic carbocycles. The van der Waals surface area contributed by atoms with Crippen LogP contribution in [0.3, 0.4) is 0 Å². The van der Waals surface area contributed by atoms with Crippen LogP contribution in [0, 0.1) is 17.8 Å². The maximum Gasteiger partial charge on any atom is 0.264 e. The highest BCUT2D eigenvalue weighted by molar-refractivity contribution is 7.90. The third-order valence-corrected chi connectivity index (χ3v) is 14.1. The van der Waals surface area contributed by atoms with Gasteiger partial charge in [0.05, 0.1) is 10.9 Å². The van der Waals surface area contributed by atoms with Gasteiger partial charge < -0.3 is 14.4 Å². The van der Waals surface area contributed by atoms with Crippen molar-refractivity contribution in [3.8, 4) is 5.75 Å². The first-order valence-corrected chi connectivity index (χ1v) is 20.6. The number of methoxy groups -OCH3 is 1. The minimum Gasteiger partial charge on any atom is -0.487 e. The van der Waals surface area contributed by atoms with E-state index in [-0.39, 0.29) is 17.4 Å². The molecule has 0 radical (unpaired) electrons. The highest BCUT2D eigenvalue weighted by Crippen LogP contribution is 2.47. The fourth-order valence-electron chi connectivity index (χ4n) is 8.44. The molecule has 3 aromatic rings. The summed E-state index contributed by atoms with van der Waals surface area (Å²) in [6, 6.07) is 11.2. The largest absolute Gasteiger partial charge is 0.487 e. The van der Waals surface area contributed by atoms with Crippen LogP contribution in [0.2, 0.25) is 5.02 Å². The number of allylic oxidation sites excluding steroid dienone is 1. The number of benzene rings is 2. The molecule has 0 spiro atoms. The number of fused-ring (bicyclic) bond motifs is 4. The zero-order valence-corrected chi connectivity index (χ0v) is 32.0. The molecular weight excluding hydrogens is 698 g/mol. The fraction of sp³-hybridized carbons (Fsp3) is 0.525. The second kappa shape index (κ2) is 15.5. The number of sulfonamides is 1. The Balaban J connectivity index is 1.26. The Morgan fingerprint density at radius 1 is 1.06 bits per heavy atom. The number of aryl methyl sites for hydroxylation is 1. The molecule has 0 saturated heterocycles. The van der Waals surface area contributed by atoms with Crippen molar-refractivity contribution in [1.29, 1.82) is 0 Å². The molecule has 2 bridgehead atoms. The van der Waals surface area contributed by atoms with E-state index in [1.807, 2.05) is 50.6 Å². The topological polar surface area (TPSA) is 114 Å². The molecule has 52 heavy (non-hydrogen) atoms. The Hall–Kier alpha value is -3.51. The number of hydrogen-bond donors (Lipinski definition) is 1. The van der Waals surface area contributed by atoms with Gasteiger partial charge in [0, 0.05) is 74.3 Å². The first-order valence-electron chi connectivity index (χ1n) is 18.6. The summed E-state index contributed by atoms with van der Waals surface area (Å²) in [6.45, 7) is 7.80. The smallest absolute Gasteiger partial charge is 0.264 e. The lowest BCUT2D eigenvalue weighted by molar-refractivity contribution is -0.0931. The Labute approximate surface area is 313 Å². The van der Waals surface area contributed by atoms with Crippen LogP contribution in [0.4, 0.5) is 5.69 Å². The number of rotatable bonds is 3. The van der Waals surface area contributed by atoms with Crippen LogP contribution >= 0.6 is 11.6 Å². The molecule has 5 atom stereocenters. The minimum atomic E-state index is -3.97. The van der Waals surface area contributed by atoms with Gasteiger partial charge in [-0.15, -0.1) is 0 Å². The highest BCUT2D eigenvalue weighted by Gasteiger charge is 2.48. The summed E-state index contributed by atoms with van der Waals surface area (Å²) >= 11 is 6.40. The van der Waals surface area contributed by atoms with Gasteiger partial charge in [0.15, 0.2) is 0 Å². The van der Waals surface area contributed by atoms with Gasteiger partial charge in [-0.1, -0.05) is 36.7 Å². The zero-order chi connectivity index (χ0) is 36.5. The van der Waals surface area contributed by atoms with Crippen molar-refractivity contribution >= 4 is 33.2 Å². The summed E-state index contributed by atoms with van der Waals surface area (Å²) in [5, 5.41) is -0.0857. The Bertz CT molecular complexity index is 1920. The van der Waals surface area contributed by atoms with Crippen molar-refractivity contribution < 1.29 is 22.7 Å². The highest BCUT2D eigenvalue weighted by atomic mass is 35.5. The molecule has 12 heteroatoms. The predicted molar refractivity (Wildman–Crippen MR) is 203 cm³/mol. The minimum absolute atomic E-state index is 0.229. The normalized spacial score (nSPS) is 28.8. The first kappa shape index (κ1) is 36.8. The number of hydrogen-bond acceptors (Lipinski definition) is 9. The van der Waals surface area contributed by atoms with Crippen LogP contribution in [0.25, 0.3) is 0 Å². The van der Waals surface area contributed by atoms with E-state index in [9.17, 15) is 13.2 Å². The Morgan fingerprint density at radius 2 is 1.92 bits per heavy atom. The molecule has 1 N–H and O–H groups in total. The standard InChI is InChI=1S/C40H50ClN5O5S/c1-27-7-6-16-40(50-3,25-45-18-15-36-33(22-45)21-42-26-43-36)35-13-10-31(35)23-46-17-5-4-8-29-19-34(41)12-9-32(29)24-51-38-14-11-30(20-37(38)46)39(47)44-52(48,49)28(27)2/h6,9,11-12,14,16,19-21,26-28,31,35H,4-5,7-8,10,13,15,17-18,22-25H2,1-3H3,(H,44,47)/b16-6+/t27-,28+,31-,35+,40-/m0/s1. The van der Waals surface area contributed by atoms with E-state index in [4.69, 9.17) is 21.1 Å². The SMILES string of the molecule is CO[C@]1(CN2CCc3ncncc3C2)/C=C/C[C@H](C)[C@@H](C)S(=O)(=O)NC(=O)c2ccc3c(c2)N(CCCCc2cc(Cl)ccc2CO3)C[C@@H]2CC[C@H]21. The van der Waals surface area contributed by atoms with E-state index >= 15 is 0 Å². The summed E-state index contributed by atoms with van der Waals surface area (Å²) in [5.41, 5.74) is 5.02. The van der Waals surface area contributed by atoms with Crippen molar-refractivity contribution in [2.24, 2.45) is 17.8 Å². The Morgan fingerprint density at radius 3 is 2.73 bits per heavy atom. The van der Waals surface area contributed by atoms with Crippen LogP contribution in [-0.4, -0.2) is 73.3 Å². The summed E-state index contributed by atoms with van der Waals surface area (Å²) in [4.78, 5) is 27.2. The first-order chi connectivity index (χ1) is 25.0. The van der Waals surface area contributed by atoms with E-state index < -0.39 is 26.8 Å². The molecule has 7 rings (SSSR count). The molecule has 2 aromatic carbocycles. The lowest BCUT2D eigenvalue weighted by Crippen LogP contribution is -2.56. The number of aromatic nitrogens is 2. The molecular formula is C40H50ClN5O5S. The Kier molecular flexibility index (Phi) is 10.9. The number of nitrogens with one attached hydrogen (secondary N) is 1. The van der Waals surface area contributed by atoms with E-state index in [1.165, 1.54) is 5.56 Å². The van der Waals surface area contributed by atoms with E-state index in [1.54, 1.807) is 19.3 Å². The van der Waals surface area contributed by atoms with Gasteiger partial charge in [0.2, 0.25) is 10.0 Å². The molecule has 4 heterocycles. The fourth-order valence-corrected chi connectivity index (χ4v) is 9.92. The van der Waals surface area contributed by atoms with Gasteiger partial charge in [0.25, 0.3) is 5.91 Å². The molecule has 3 aliphatic heterocycles. The third kappa shape index (κ3) is 7.74. The molecule has 4 aliphatic rings.